The van der Waals surface area contributed by atoms with Gasteiger partial charge >= 0.3 is 12.0 Å². The van der Waals surface area contributed by atoms with Crippen LogP contribution >= 0.6 is 15.9 Å². The standard InChI is InChI=1S/C13H15BrN2O5/c1-21-11-4-7(2-3-9(11)14)15-13(20)16-6-8(17)5-10(16)12(18)19/h2-4,8,10,17H,5-6H2,1H3,(H,15,20)(H,18,19)/t8-,10-/m0/s1. The van der Waals surface area contributed by atoms with Crippen LogP contribution in [0.15, 0.2) is 22.7 Å². The monoisotopic (exact) mass is 358 g/mol. The van der Waals surface area contributed by atoms with Gasteiger partial charge in [0, 0.05) is 24.7 Å². The fourth-order valence-corrected chi connectivity index (χ4v) is 2.61. The summed E-state index contributed by atoms with van der Waals surface area (Å²) in [4.78, 5) is 24.4. The van der Waals surface area contributed by atoms with Crippen LogP contribution in [-0.4, -0.2) is 52.9 Å². The minimum Gasteiger partial charge on any atom is -0.495 e. The highest BCUT2D eigenvalue weighted by Gasteiger charge is 2.39. The molecule has 0 aromatic heterocycles. The molecule has 3 N–H and O–H groups in total. The predicted octanol–water partition coefficient (Wildman–Crippen LogP) is 1.51. The van der Waals surface area contributed by atoms with Crippen molar-refractivity contribution in [3.05, 3.63) is 22.7 Å². The Labute approximate surface area is 129 Å². The topological polar surface area (TPSA) is 99.1 Å². The molecule has 7 nitrogen and oxygen atoms in total. The molecule has 0 unspecified atom stereocenters. The molecule has 1 heterocycles. The molecule has 1 aliphatic heterocycles. The third-order valence-electron chi connectivity index (χ3n) is 3.23. The highest BCUT2D eigenvalue weighted by atomic mass is 79.9. The number of aliphatic hydroxyl groups is 1. The summed E-state index contributed by atoms with van der Waals surface area (Å²) in [5.41, 5.74) is 0.477. The Morgan fingerprint density at radius 2 is 2.19 bits per heavy atom. The van der Waals surface area contributed by atoms with Crippen molar-refractivity contribution in [3.63, 3.8) is 0 Å². The van der Waals surface area contributed by atoms with Gasteiger partial charge in [-0.3, -0.25) is 0 Å². The van der Waals surface area contributed by atoms with Crippen LogP contribution in [0.4, 0.5) is 10.5 Å². The van der Waals surface area contributed by atoms with Crippen LogP contribution in [0, 0.1) is 0 Å². The molecule has 0 saturated carbocycles. The number of likely N-dealkylation sites (tertiary alicyclic amines) is 1. The van der Waals surface area contributed by atoms with Crippen molar-refractivity contribution in [1.29, 1.82) is 0 Å². The summed E-state index contributed by atoms with van der Waals surface area (Å²) in [5.74, 6) is -0.584. The second kappa shape index (κ2) is 6.31. The van der Waals surface area contributed by atoms with Crippen molar-refractivity contribution in [2.45, 2.75) is 18.6 Å². The van der Waals surface area contributed by atoms with Crippen molar-refractivity contribution in [3.8, 4) is 5.75 Å². The number of methoxy groups -OCH3 is 1. The summed E-state index contributed by atoms with van der Waals surface area (Å²) in [6.07, 6.45) is -0.789. The Morgan fingerprint density at radius 1 is 1.48 bits per heavy atom. The number of amides is 2. The van der Waals surface area contributed by atoms with Crippen LogP contribution in [-0.2, 0) is 4.79 Å². The van der Waals surface area contributed by atoms with Gasteiger partial charge in [-0.2, -0.15) is 0 Å². The Kier molecular flexibility index (Phi) is 4.69. The minimum absolute atomic E-state index is 0.00351. The summed E-state index contributed by atoms with van der Waals surface area (Å²) in [7, 11) is 1.50. The van der Waals surface area contributed by atoms with Gasteiger partial charge in [0.15, 0.2) is 0 Å². The lowest BCUT2D eigenvalue weighted by Gasteiger charge is -2.21. The second-order valence-electron chi connectivity index (χ2n) is 4.68. The molecule has 1 aromatic rings. The number of halogens is 1. The number of rotatable bonds is 3. The van der Waals surface area contributed by atoms with Gasteiger partial charge in [0.1, 0.15) is 11.8 Å². The molecule has 8 heteroatoms. The Morgan fingerprint density at radius 3 is 2.81 bits per heavy atom. The SMILES string of the molecule is COc1cc(NC(=O)N2C[C@@H](O)C[C@H]2C(=O)O)ccc1Br. The maximum atomic E-state index is 12.1. The van der Waals surface area contributed by atoms with Crippen LogP contribution in [0.2, 0.25) is 0 Å². The van der Waals surface area contributed by atoms with E-state index in [4.69, 9.17) is 9.84 Å². The largest absolute Gasteiger partial charge is 0.495 e. The van der Waals surface area contributed by atoms with Gasteiger partial charge in [-0.1, -0.05) is 0 Å². The first-order chi connectivity index (χ1) is 9.92. The molecule has 1 saturated heterocycles. The number of hydrogen-bond donors (Lipinski definition) is 3. The number of carboxylic acids is 1. The van der Waals surface area contributed by atoms with E-state index in [1.165, 1.54) is 7.11 Å². The molecule has 1 aliphatic rings. The van der Waals surface area contributed by atoms with Gasteiger partial charge in [-0.25, -0.2) is 9.59 Å². The average Bonchev–Trinajstić information content (AvgIpc) is 2.83. The van der Waals surface area contributed by atoms with Gasteiger partial charge < -0.3 is 25.2 Å². The van der Waals surface area contributed by atoms with E-state index in [0.717, 1.165) is 9.37 Å². The molecule has 0 spiro atoms. The van der Waals surface area contributed by atoms with E-state index in [1.54, 1.807) is 18.2 Å². The number of carbonyl (C=O) groups excluding carboxylic acids is 1. The number of β-amino-alcohol motifs (C(OH)–C–C–N with tert-alkyl or cyclic N) is 1. The first-order valence-electron chi connectivity index (χ1n) is 6.24. The number of benzene rings is 1. The molecule has 0 aliphatic carbocycles. The van der Waals surface area contributed by atoms with Crippen LogP contribution in [0.3, 0.4) is 0 Å². The summed E-state index contributed by atoms with van der Waals surface area (Å²) >= 11 is 3.30. The molecule has 2 amide bonds. The van der Waals surface area contributed by atoms with Gasteiger partial charge in [0.2, 0.25) is 0 Å². The normalized spacial score (nSPS) is 21.2. The molecular weight excluding hydrogens is 344 g/mol. The predicted molar refractivity (Wildman–Crippen MR) is 78.5 cm³/mol. The highest BCUT2D eigenvalue weighted by Crippen LogP contribution is 2.28. The Bertz CT molecular complexity index is 565. The number of carbonyl (C=O) groups is 2. The lowest BCUT2D eigenvalue weighted by molar-refractivity contribution is -0.141. The van der Waals surface area contributed by atoms with Crippen LogP contribution in [0.25, 0.3) is 0 Å². The number of nitrogens with zero attached hydrogens (tertiary/aromatic N) is 1. The molecule has 0 radical (unpaired) electrons. The van der Waals surface area contributed by atoms with Crippen molar-refractivity contribution in [2.24, 2.45) is 0 Å². The van der Waals surface area contributed by atoms with E-state index in [1.807, 2.05) is 0 Å². The lowest BCUT2D eigenvalue weighted by Crippen LogP contribution is -2.43. The highest BCUT2D eigenvalue weighted by molar-refractivity contribution is 9.10. The first-order valence-corrected chi connectivity index (χ1v) is 7.03. The van der Waals surface area contributed by atoms with Crippen LogP contribution in [0.1, 0.15) is 6.42 Å². The van der Waals surface area contributed by atoms with E-state index in [2.05, 4.69) is 21.2 Å². The van der Waals surface area contributed by atoms with Gasteiger partial charge in [-0.15, -0.1) is 0 Å². The Hall–Kier alpha value is -1.80. The fourth-order valence-electron chi connectivity index (χ4n) is 2.21. The van der Waals surface area contributed by atoms with E-state index in [0.29, 0.717) is 11.4 Å². The second-order valence-corrected chi connectivity index (χ2v) is 5.53. The smallest absolute Gasteiger partial charge is 0.326 e. The van der Waals surface area contributed by atoms with E-state index >= 15 is 0 Å². The van der Waals surface area contributed by atoms with E-state index in [9.17, 15) is 14.7 Å². The molecule has 114 valence electrons. The fraction of sp³-hybridized carbons (Fsp3) is 0.385. The van der Waals surface area contributed by atoms with E-state index < -0.39 is 24.1 Å². The summed E-state index contributed by atoms with van der Waals surface area (Å²) < 4.78 is 5.86. The van der Waals surface area contributed by atoms with Crippen molar-refractivity contribution in [1.82, 2.24) is 4.90 Å². The van der Waals surface area contributed by atoms with Crippen molar-refractivity contribution in [2.75, 3.05) is 19.0 Å². The summed E-state index contributed by atoms with van der Waals surface area (Å²) in [5, 5.41) is 21.2. The number of aliphatic hydroxyl groups excluding tert-OH is 1. The number of anilines is 1. The van der Waals surface area contributed by atoms with Gasteiger partial charge in [-0.05, 0) is 28.1 Å². The number of nitrogens with one attached hydrogen (secondary N) is 1. The quantitative estimate of drug-likeness (QED) is 0.760. The molecule has 1 aromatic carbocycles. The molecule has 2 atom stereocenters. The third-order valence-corrected chi connectivity index (χ3v) is 3.88. The number of carboxylic acid groups (broad SMARTS) is 1. The maximum absolute atomic E-state index is 12.1. The zero-order valence-corrected chi connectivity index (χ0v) is 12.8. The van der Waals surface area contributed by atoms with Crippen molar-refractivity contribution < 1.29 is 24.5 Å². The molecular formula is C13H15BrN2O5. The molecule has 2 rings (SSSR count). The number of ether oxygens (including phenoxy) is 1. The van der Waals surface area contributed by atoms with Crippen LogP contribution < -0.4 is 10.1 Å². The first kappa shape index (κ1) is 15.6. The average molecular weight is 359 g/mol. The summed E-state index contributed by atoms with van der Waals surface area (Å²) in [6.45, 7) is -0.00351. The summed E-state index contributed by atoms with van der Waals surface area (Å²) in [6, 6.07) is 3.40. The number of aliphatic carboxylic acids is 1. The van der Waals surface area contributed by atoms with Crippen molar-refractivity contribution >= 4 is 33.6 Å². The van der Waals surface area contributed by atoms with E-state index in [-0.39, 0.29) is 13.0 Å². The van der Waals surface area contributed by atoms with Crippen LogP contribution in [0.5, 0.6) is 5.75 Å². The van der Waals surface area contributed by atoms with Gasteiger partial charge in [0.05, 0.1) is 17.7 Å². The maximum Gasteiger partial charge on any atom is 0.326 e. The third kappa shape index (κ3) is 3.45. The molecule has 21 heavy (non-hydrogen) atoms. The Balaban J connectivity index is 2.12. The number of urea groups is 1. The zero-order valence-electron chi connectivity index (χ0n) is 11.2. The minimum atomic E-state index is -1.13. The number of hydrogen-bond acceptors (Lipinski definition) is 4. The molecule has 0 bridgehead atoms. The van der Waals surface area contributed by atoms with Gasteiger partial charge in [0.25, 0.3) is 0 Å². The lowest BCUT2D eigenvalue weighted by atomic mass is 10.2. The molecule has 1 fully saturated rings. The zero-order chi connectivity index (χ0) is 15.6.